The maximum atomic E-state index is 12.7. The van der Waals surface area contributed by atoms with Gasteiger partial charge in [-0.2, -0.15) is 0 Å². The number of hydrogen-bond donors (Lipinski definition) is 1. The van der Waals surface area contributed by atoms with Crippen LogP contribution < -0.4 is 10.3 Å². The average molecular weight is 433 g/mol. The Hall–Kier alpha value is -3.48. The second-order valence-corrected chi connectivity index (χ2v) is 8.01. The first-order chi connectivity index (χ1) is 15.6. The summed E-state index contributed by atoms with van der Waals surface area (Å²) >= 11 is 0. The van der Waals surface area contributed by atoms with Gasteiger partial charge < -0.3 is 14.6 Å². The molecule has 0 atom stereocenters. The normalized spacial score (nSPS) is 13.0. The van der Waals surface area contributed by atoms with Crippen molar-refractivity contribution in [2.75, 3.05) is 13.2 Å². The molecule has 1 aliphatic heterocycles. The Morgan fingerprint density at radius 3 is 2.78 bits per heavy atom. The third-order valence-electron chi connectivity index (χ3n) is 5.70. The predicted octanol–water partition coefficient (Wildman–Crippen LogP) is 3.53. The Morgan fingerprint density at radius 1 is 1.12 bits per heavy atom. The van der Waals surface area contributed by atoms with Crippen LogP contribution in [0.4, 0.5) is 0 Å². The van der Waals surface area contributed by atoms with E-state index in [0.29, 0.717) is 25.5 Å². The number of rotatable bonds is 8. The van der Waals surface area contributed by atoms with E-state index in [2.05, 4.69) is 34.2 Å². The van der Waals surface area contributed by atoms with Crippen LogP contribution in [0, 0.1) is 0 Å². The zero-order chi connectivity index (χ0) is 22.3. The molecular weight excluding hydrogens is 404 g/mol. The summed E-state index contributed by atoms with van der Waals surface area (Å²) in [5.41, 5.74) is 3.18. The second kappa shape index (κ2) is 10.2. The minimum absolute atomic E-state index is 0.0294. The minimum Gasteiger partial charge on any atom is -0.494 e. The lowest BCUT2D eigenvalue weighted by Crippen LogP contribution is -2.36. The molecule has 3 aromatic rings. The van der Waals surface area contributed by atoms with Crippen molar-refractivity contribution in [1.82, 2.24) is 20.1 Å². The number of carbonyl (C=O) groups is 1. The fraction of sp³-hybridized carbons (Fsp3) is 0.360. The van der Waals surface area contributed by atoms with Gasteiger partial charge in [-0.3, -0.25) is 9.59 Å². The number of benzene rings is 2. The molecular formula is C25H28N4O3. The first kappa shape index (κ1) is 21.7. The number of amides is 1. The molecule has 0 aliphatic carbocycles. The number of nitrogens with zero attached hydrogens (tertiary/aromatic N) is 3. The Kier molecular flexibility index (Phi) is 6.94. The van der Waals surface area contributed by atoms with Crippen LogP contribution in [-0.2, 0) is 24.2 Å². The number of aryl methyl sites for hydroxylation is 1. The van der Waals surface area contributed by atoms with E-state index in [1.165, 1.54) is 11.1 Å². The number of aromatic nitrogens is 3. The van der Waals surface area contributed by atoms with Crippen molar-refractivity contribution in [3.8, 4) is 17.1 Å². The average Bonchev–Trinajstić information content (AvgIpc) is 2.83. The molecule has 1 aliphatic rings. The van der Waals surface area contributed by atoms with Gasteiger partial charge in [-0.15, -0.1) is 10.2 Å². The summed E-state index contributed by atoms with van der Waals surface area (Å²) in [7, 11) is 0. The van der Waals surface area contributed by atoms with Gasteiger partial charge >= 0.3 is 0 Å². The van der Waals surface area contributed by atoms with Crippen LogP contribution in [0.5, 0.6) is 5.75 Å². The topological polar surface area (TPSA) is 88.2 Å². The van der Waals surface area contributed by atoms with E-state index >= 15 is 0 Å². The molecule has 0 saturated heterocycles. The second-order valence-electron chi connectivity index (χ2n) is 8.01. The molecule has 1 N–H and O–H groups in total. The van der Waals surface area contributed by atoms with Crippen molar-refractivity contribution in [2.24, 2.45) is 0 Å². The molecule has 1 aromatic heterocycles. The number of nitrogens with one attached hydrogen (secondary N) is 1. The van der Waals surface area contributed by atoms with Gasteiger partial charge in [0.15, 0.2) is 5.82 Å². The van der Waals surface area contributed by atoms with E-state index in [1.807, 2.05) is 41.3 Å². The highest BCUT2D eigenvalue weighted by Gasteiger charge is 2.20. The third kappa shape index (κ3) is 5.22. The highest BCUT2D eigenvalue weighted by Crippen LogP contribution is 2.21. The molecule has 7 heteroatoms. The van der Waals surface area contributed by atoms with Gasteiger partial charge in [-0.1, -0.05) is 49.7 Å². The number of fused-ring (bicyclic) bond motifs is 1. The van der Waals surface area contributed by atoms with Gasteiger partial charge in [0.2, 0.25) is 5.91 Å². The maximum absolute atomic E-state index is 12.7. The summed E-state index contributed by atoms with van der Waals surface area (Å²) in [6.45, 7) is 4.08. The van der Waals surface area contributed by atoms with Crippen LogP contribution in [0.25, 0.3) is 11.4 Å². The molecule has 2 heterocycles. The quantitative estimate of drug-likeness (QED) is 0.550. The highest BCUT2D eigenvalue weighted by molar-refractivity contribution is 5.76. The maximum Gasteiger partial charge on any atom is 0.273 e. The van der Waals surface area contributed by atoms with Gasteiger partial charge in [-0.05, 0) is 36.1 Å². The third-order valence-corrected chi connectivity index (χ3v) is 5.70. The largest absolute Gasteiger partial charge is 0.494 e. The van der Waals surface area contributed by atoms with Crippen LogP contribution in [0.3, 0.4) is 0 Å². The van der Waals surface area contributed by atoms with Gasteiger partial charge in [0.25, 0.3) is 5.56 Å². The molecule has 1 amide bonds. The zero-order valence-electron chi connectivity index (χ0n) is 18.3. The molecule has 0 spiro atoms. The first-order valence-electron chi connectivity index (χ1n) is 11.2. The van der Waals surface area contributed by atoms with Crippen molar-refractivity contribution >= 4 is 5.91 Å². The summed E-state index contributed by atoms with van der Waals surface area (Å²) in [5.74, 6) is 1.15. The van der Waals surface area contributed by atoms with Gasteiger partial charge in [0, 0.05) is 31.5 Å². The van der Waals surface area contributed by atoms with Gasteiger partial charge in [0.1, 0.15) is 11.4 Å². The molecule has 4 rings (SSSR count). The summed E-state index contributed by atoms with van der Waals surface area (Å²) < 4.78 is 5.72. The van der Waals surface area contributed by atoms with E-state index in [9.17, 15) is 9.59 Å². The summed E-state index contributed by atoms with van der Waals surface area (Å²) in [4.78, 5) is 29.9. The van der Waals surface area contributed by atoms with Crippen LogP contribution in [-0.4, -0.2) is 39.1 Å². The van der Waals surface area contributed by atoms with Gasteiger partial charge in [-0.25, -0.2) is 0 Å². The predicted molar refractivity (Wildman–Crippen MR) is 122 cm³/mol. The van der Waals surface area contributed by atoms with Crippen molar-refractivity contribution < 1.29 is 9.53 Å². The van der Waals surface area contributed by atoms with E-state index in [1.54, 1.807) is 0 Å². The van der Waals surface area contributed by atoms with Crippen LogP contribution in [0.1, 0.15) is 43.0 Å². The lowest BCUT2D eigenvalue weighted by atomic mass is 9.99. The van der Waals surface area contributed by atoms with Gasteiger partial charge in [0.05, 0.1) is 6.61 Å². The molecule has 7 nitrogen and oxygen atoms in total. The molecule has 0 bridgehead atoms. The molecule has 166 valence electrons. The van der Waals surface area contributed by atoms with Crippen LogP contribution >= 0.6 is 0 Å². The van der Waals surface area contributed by atoms with Crippen molar-refractivity contribution in [3.63, 3.8) is 0 Å². The number of H-pyrrole nitrogens is 1. The van der Waals surface area contributed by atoms with Crippen molar-refractivity contribution in [3.05, 3.63) is 75.7 Å². The Labute approximate surface area is 187 Å². The summed E-state index contributed by atoms with van der Waals surface area (Å²) in [6, 6.07) is 15.6. The Morgan fingerprint density at radius 2 is 1.97 bits per heavy atom. The number of carbonyl (C=O) groups excluding carboxylic acids is 1. The minimum atomic E-state index is -0.316. The molecule has 0 unspecified atom stereocenters. The smallest absolute Gasteiger partial charge is 0.273 e. The molecule has 32 heavy (non-hydrogen) atoms. The lowest BCUT2D eigenvalue weighted by Gasteiger charge is -2.28. The first-order valence-corrected chi connectivity index (χ1v) is 11.2. The van der Waals surface area contributed by atoms with Crippen molar-refractivity contribution in [1.29, 1.82) is 0 Å². The van der Waals surface area contributed by atoms with E-state index < -0.39 is 0 Å². The summed E-state index contributed by atoms with van der Waals surface area (Å²) in [5, 5.41) is 8.29. The van der Waals surface area contributed by atoms with E-state index in [4.69, 9.17) is 4.74 Å². The van der Waals surface area contributed by atoms with E-state index in [-0.39, 0.29) is 30.0 Å². The Bertz CT molecular complexity index is 1140. The standard InChI is InChI=1S/C25H28N4O3/c1-2-3-15-32-21-10-6-9-19(16-21)24-26-25(31)22(27-28-24)11-12-23(30)29-14-13-18-7-4-5-8-20(18)17-29/h4-10,16H,2-3,11-15,17H2,1H3,(H,26,28,31). The lowest BCUT2D eigenvalue weighted by molar-refractivity contribution is -0.132. The van der Waals surface area contributed by atoms with E-state index in [0.717, 1.165) is 30.6 Å². The monoisotopic (exact) mass is 432 g/mol. The van der Waals surface area contributed by atoms with Crippen LogP contribution in [0.15, 0.2) is 53.3 Å². The number of hydrogen-bond acceptors (Lipinski definition) is 5. The SMILES string of the molecule is CCCCOc1cccc(-c2nnc(CCC(=O)N3CCc4ccccc4C3)c(=O)[nH]2)c1. The zero-order valence-corrected chi connectivity index (χ0v) is 18.3. The number of aromatic amines is 1. The highest BCUT2D eigenvalue weighted by atomic mass is 16.5. The molecule has 0 fully saturated rings. The Balaban J connectivity index is 1.37. The van der Waals surface area contributed by atoms with Crippen LogP contribution in [0.2, 0.25) is 0 Å². The summed E-state index contributed by atoms with van der Waals surface area (Å²) in [6.07, 6.45) is 3.41. The molecule has 0 saturated carbocycles. The fourth-order valence-corrected chi connectivity index (χ4v) is 3.81. The van der Waals surface area contributed by atoms with Crippen molar-refractivity contribution in [2.45, 2.75) is 45.6 Å². The number of ether oxygens (including phenoxy) is 1. The molecule has 0 radical (unpaired) electrons. The fourth-order valence-electron chi connectivity index (χ4n) is 3.81. The number of unbranched alkanes of at least 4 members (excludes halogenated alkanes) is 1. The molecule has 2 aromatic carbocycles.